The normalized spacial score (nSPS) is 16.6. The Bertz CT molecular complexity index is 735. The molecule has 0 aliphatic carbocycles. The van der Waals surface area contributed by atoms with Crippen LogP contribution in [0.1, 0.15) is 16.7 Å². The maximum atomic E-state index is 12.5. The first-order valence-corrected chi connectivity index (χ1v) is 8.22. The van der Waals surface area contributed by atoms with Crippen molar-refractivity contribution in [2.24, 2.45) is 0 Å². The lowest BCUT2D eigenvalue weighted by atomic mass is 10.1. The summed E-state index contributed by atoms with van der Waals surface area (Å²) in [6.45, 7) is 2.57. The molecule has 1 aliphatic heterocycles. The van der Waals surface area contributed by atoms with Gasteiger partial charge in [0.15, 0.2) is 0 Å². The van der Waals surface area contributed by atoms with E-state index in [1.807, 2.05) is 67.6 Å². The number of aryl methyl sites for hydroxylation is 1. The summed E-state index contributed by atoms with van der Waals surface area (Å²) in [6.07, 6.45) is 1.91. The predicted octanol–water partition coefficient (Wildman–Crippen LogP) is 4.40. The zero-order valence-electron chi connectivity index (χ0n) is 12.2. The molecule has 0 spiro atoms. The SMILES string of the molecule is Cc1ccc(/C=C2/SC(=S)N(Cc3ccccc3)C2=O)cc1. The van der Waals surface area contributed by atoms with Gasteiger partial charge in [-0.1, -0.05) is 84.1 Å². The lowest BCUT2D eigenvalue weighted by molar-refractivity contribution is -0.122. The number of hydrogen-bond donors (Lipinski definition) is 0. The molecule has 22 heavy (non-hydrogen) atoms. The molecule has 1 saturated heterocycles. The third-order valence-electron chi connectivity index (χ3n) is 3.43. The van der Waals surface area contributed by atoms with Gasteiger partial charge in [0.1, 0.15) is 4.32 Å². The van der Waals surface area contributed by atoms with Gasteiger partial charge in [-0.05, 0) is 24.1 Å². The minimum atomic E-state index is -0.0144. The van der Waals surface area contributed by atoms with E-state index in [-0.39, 0.29) is 5.91 Å². The summed E-state index contributed by atoms with van der Waals surface area (Å²) < 4.78 is 0.618. The molecule has 0 bridgehead atoms. The van der Waals surface area contributed by atoms with Gasteiger partial charge in [0.2, 0.25) is 0 Å². The number of thioether (sulfide) groups is 1. The number of nitrogens with zero attached hydrogens (tertiary/aromatic N) is 1. The quantitative estimate of drug-likeness (QED) is 0.616. The Kier molecular flexibility index (Phi) is 4.41. The maximum absolute atomic E-state index is 12.5. The Hall–Kier alpha value is -1.91. The Labute approximate surface area is 139 Å². The summed E-state index contributed by atoms with van der Waals surface area (Å²) in [7, 11) is 0. The Morgan fingerprint density at radius 2 is 1.77 bits per heavy atom. The molecule has 110 valence electrons. The minimum Gasteiger partial charge on any atom is -0.288 e. The van der Waals surface area contributed by atoms with Crippen molar-refractivity contribution in [2.75, 3.05) is 0 Å². The van der Waals surface area contributed by atoms with Crippen molar-refractivity contribution >= 4 is 40.3 Å². The second-order valence-corrected chi connectivity index (χ2v) is 6.84. The Morgan fingerprint density at radius 1 is 1.09 bits per heavy atom. The van der Waals surface area contributed by atoms with Crippen molar-refractivity contribution in [2.45, 2.75) is 13.5 Å². The molecule has 1 amide bonds. The Morgan fingerprint density at radius 3 is 2.45 bits per heavy atom. The number of amides is 1. The highest BCUT2D eigenvalue weighted by atomic mass is 32.2. The second-order valence-electron chi connectivity index (χ2n) is 5.16. The van der Waals surface area contributed by atoms with Crippen molar-refractivity contribution in [3.8, 4) is 0 Å². The van der Waals surface area contributed by atoms with Gasteiger partial charge >= 0.3 is 0 Å². The monoisotopic (exact) mass is 325 g/mol. The van der Waals surface area contributed by atoms with Gasteiger partial charge in [-0.25, -0.2) is 0 Å². The average Bonchev–Trinajstić information content (AvgIpc) is 2.78. The first-order chi connectivity index (χ1) is 10.6. The summed E-state index contributed by atoms with van der Waals surface area (Å²) in [5.41, 5.74) is 3.30. The molecule has 2 aromatic rings. The average molecular weight is 325 g/mol. The molecule has 0 radical (unpaired) electrons. The number of thiocarbonyl (C=S) groups is 1. The lowest BCUT2D eigenvalue weighted by Crippen LogP contribution is -2.27. The third-order valence-corrected chi connectivity index (χ3v) is 4.81. The number of carbonyl (C=O) groups is 1. The van der Waals surface area contributed by atoms with Gasteiger partial charge in [-0.15, -0.1) is 0 Å². The van der Waals surface area contributed by atoms with Crippen LogP contribution in [0.25, 0.3) is 6.08 Å². The highest BCUT2D eigenvalue weighted by Crippen LogP contribution is 2.33. The van der Waals surface area contributed by atoms with E-state index < -0.39 is 0 Å². The standard InChI is InChI=1S/C18H15NOS2/c1-13-7-9-14(10-8-13)11-16-17(20)19(18(21)22-16)12-15-5-3-2-4-6-15/h2-11H,12H2,1H3/b16-11+. The summed E-state index contributed by atoms with van der Waals surface area (Å²) in [4.78, 5) is 14.9. The van der Waals surface area contributed by atoms with Crippen LogP contribution >= 0.6 is 24.0 Å². The molecule has 4 heteroatoms. The van der Waals surface area contributed by atoms with Crippen molar-refractivity contribution < 1.29 is 4.79 Å². The van der Waals surface area contributed by atoms with Crippen molar-refractivity contribution in [1.29, 1.82) is 0 Å². The molecule has 1 fully saturated rings. The van der Waals surface area contributed by atoms with E-state index in [9.17, 15) is 4.79 Å². The molecule has 0 aromatic heterocycles. The largest absolute Gasteiger partial charge is 0.288 e. The molecule has 2 nitrogen and oxygen atoms in total. The fraction of sp³-hybridized carbons (Fsp3) is 0.111. The molecule has 2 aromatic carbocycles. The zero-order chi connectivity index (χ0) is 15.5. The molecular formula is C18H15NOS2. The van der Waals surface area contributed by atoms with Crippen molar-refractivity contribution in [1.82, 2.24) is 4.90 Å². The number of carbonyl (C=O) groups excluding carboxylic acids is 1. The van der Waals surface area contributed by atoms with Crippen LogP contribution in [0.15, 0.2) is 59.5 Å². The molecule has 0 N–H and O–H groups in total. The molecule has 0 unspecified atom stereocenters. The van der Waals surface area contributed by atoms with Crippen LogP contribution < -0.4 is 0 Å². The van der Waals surface area contributed by atoms with E-state index >= 15 is 0 Å². The van der Waals surface area contributed by atoms with Gasteiger partial charge < -0.3 is 0 Å². The minimum absolute atomic E-state index is 0.0144. The summed E-state index contributed by atoms with van der Waals surface area (Å²) >= 11 is 6.73. The molecule has 0 saturated carbocycles. The topological polar surface area (TPSA) is 20.3 Å². The first-order valence-electron chi connectivity index (χ1n) is 6.99. The van der Waals surface area contributed by atoms with Crippen LogP contribution in [0.4, 0.5) is 0 Å². The van der Waals surface area contributed by atoms with Crippen LogP contribution in [0.5, 0.6) is 0 Å². The first kappa shape index (κ1) is 15.0. The van der Waals surface area contributed by atoms with E-state index in [1.165, 1.54) is 17.3 Å². The second kappa shape index (κ2) is 6.46. The van der Waals surface area contributed by atoms with Gasteiger partial charge in [0.25, 0.3) is 5.91 Å². The van der Waals surface area contributed by atoms with Crippen LogP contribution in [-0.2, 0) is 11.3 Å². The van der Waals surface area contributed by atoms with E-state index in [0.717, 1.165) is 11.1 Å². The highest BCUT2D eigenvalue weighted by molar-refractivity contribution is 8.26. The zero-order valence-corrected chi connectivity index (χ0v) is 13.8. The summed E-state index contributed by atoms with van der Waals surface area (Å²) in [5, 5.41) is 0. The van der Waals surface area contributed by atoms with Crippen LogP contribution in [0.2, 0.25) is 0 Å². The fourth-order valence-corrected chi connectivity index (χ4v) is 3.47. The fourth-order valence-electron chi connectivity index (χ4n) is 2.22. The molecular weight excluding hydrogens is 310 g/mol. The smallest absolute Gasteiger partial charge is 0.266 e. The summed E-state index contributed by atoms with van der Waals surface area (Å²) in [6, 6.07) is 18.0. The number of benzene rings is 2. The van der Waals surface area contributed by atoms with Crippen molar-refractivity contribution in [3.05, 3.63) is 76.2 Å². The molecule has 1 aliphatic rings. The van der Waals surface area contributed by atoms with Gasteiger partial charge in [0.05, 0.1) is 11.4 Å². The predicted molar refractivity (Wildman–Crippen MR) is 96.3 cm³/mol. The van der Waals surface area contributed by atoms with E-state index in [2.05, 4.69) is 0 Å². The number of hydrogen-bond acceptors (Lipinski definition) is 3. The van der Waals surface area contributed by atoms with Gasteiger partial charge in [0, 0.05) is 0 Å². The highest BCUT2D eigenvalue weighted by Gasteiger charge is 2.31. The van der Waals surface area contributed by atoms with Gasteiger partial charge in [-0.2, -0.15) is 0 Å². The third kappa shape index (κ3) is 3.29. The van der Waals surface area contributed by atoms with Crippen LogP contribution in [0.3, 0.4) is 0 Å². The lowest BCUT2D eigenvalue weighted by Gasteiger charge is -2.14. The van der Waals surface area contributed by atoms with E-state index in [0.29, 0.717) is 15.8 Å². The van der Waals surface area contributed by atoms with E-state index in [4.69, 9.17) is 12.2 Å². The van der Waals surface area contributed by atoms with Gasteiger partial charge in [-0.3, -0.25) is 9.69 Å². The Balaban J connectivity index is 1.80. The molecule has 0 atom stereocenters. The van der Waals surface area contributed by atoms with E-state index in [1.54, 1.807) is 4.90 Å². The molecule has 1 heterocycles. The molecule has 3 rings (SSSR count). The maximum Gasteiger partial charge on any atom is 0.266 e. The van der Waals surface area contributed by atoms with Crippen LogP contribution in [-0.4, -0.2) is 15.1 Å². The van der Waals surface area contributed by atoms with Crippen molar-refractivity contribution in [3.63, 3.8) is 0 Å². The van der Waals surface area contributed by atoms with Crippen LogP contribution in [0, 0.1) is 6.92 Å². The summed E-state index contributed by atoms with van der Waals surface area (Å²) in [5.74, 6) is -0.0144. The number of rotatable bonds is 3.